The van der Waals surface area contributed by atoms with Crippen LogP contribution in [0.5, 0.6) is 0 Å². The van der Waals surface area contributed by atoms with Crippen molar-refractivity contribution in [2.45, 2.75) is 19.4 Å². The molecule has 5 heteroatoms. The van der Waals surface area contributed by atoms with Crippen molar-refractivity contribution >= 4 is 11.6 Å². The van der Waals surface area contributed by atoms with Crippen LogP contribution >= 0.6 is 11.6 Å². The molecular weight excluding hydrogens is 224 g/mol. The third-order valence-corrected chi connectivity index (χ3v) is 3.27. The van der Waals surface area contributed by atoms with E-state index in [-0.39, 0.29) is 0 Å². The molecule has 0 aromatic carbocycles. The zero-order valence-electron chi connectivity index (χ0n) is 9.75. The first-order valence-corrected chi connectivity index (χ1v) is 6.24. The third-order valence-electron chi connectivity index (χ3n) is 2.95. The molecule has 0 aliphatic carbocycles. The smallest absolute Gasteiger partial charge is 0.0948 e. The number of rotatable bonds is 5. The van der Waals surface area contributed by atoms with Gasteiger partial charge in [-0.05, 0) is 25.9 Å². The molecule has 1 saturated heterocycles. The van der Waals surface area contributed by atoms with Crippen LogP contribution in [0.25, 0.3) is 0 Å². The van der Waals surface area contributed by atoms with Gasteiger partial charge in [0.25, 0.3) is 0 Å². The molecule has 0 atom stereocenters. The summed E-state index contributed by atoms with van der Waals surface area (Å²) in [7, 11) is 1.89. The van der Waals surface area contributed by atoms with Gasteiger partial charge in [0.05, 0.1) is 10.7 Å². The van der Waals surface area contributed by atoms with Gasteiger partial charge in [0.15, 0.2) is 0 Å². The van der Waals surface area contributed by atoms with Crippen molar-refractivity contribution in [2.75, 3.05) is 26.2 Å². The van der Waals surface area contributed by atoms with E-state index in [0.717, 1.165) is 30.4 Å². The molecular formula is C11H19ClN4. The molecule has 2 heterocycles. The lowest BCUT2D eigenvalue weighted by molar-refractivity contribution is 0.335. The second kappa shape index (κ2) is 5.66. The van der Waals surface area contributed by atoms with Crippen LogP contribution in [0.1, 0.15) is 18.5 Å². The SMILES string of the molecule is Cn1cc(Cl)c(CNCCN2CCCC2)n1. The number of hydrogen-bond acceptors (Lipinski definition) is 3. The van der Waals surface area contributed by atoms with E-state index < -0.39 is 0 Å². The van der Waals surface area contributed by atoms with Crippen molar-refractivity contribution in [3.8, 4) is 0 Å². The van der Waals surface area contributed by atoms with E-state index in [1.165, 1.54) is 25.9 Å². The zero-order valence-corrected chi connectivity index (χ0v) is 10.5. The fourth-order valence-corrected chi connectivity index (χ4v) is 2.32. The second-order valence-electron chi connectivity index (χ2n) is 4.32. The number of nitrogens with one attached hydrogen (secondary N) is 1. The highest BCUT2D eigenvalue weighted by Crippen LogP contribution is 2.12. The van der Waals surface area contributed by atoms with Crippen LogP contribution in [-0.2, 0) is 13.6 Å². The van der Waals surface area contributed by atoms with Crippen molar-refractivity contribution in [1.29, 1.82) is 0 Å². The van der Waals surface area contributed by atoms with E-state index in [9.17, 15) is 0 Å². The lowest BCUT2D eigenvalue weighted by Gasteiger charge is -2.14. The van der Waals surface area contributed by atoms with Gasteiger partial charge in [0.2, 0.25) is 0 Å². The largest absolute Gasteiger partial charge is 0.310 e. The number of aryl methyl sites for hydroxylation is 1. The maximum absolute atomic E-state index is 6.02. The summed E-state index contributed by atoms with van der Waals surface area (Å²) in [6, 6.07) is 0. The van der Waals surface area contributed by atoms with Gasteiger partial charge in [-0.2, -0.15) is 5.10 Å². The zero-order chi connectivity index (χ0) is 11.4. The Morgan fingerprint density at radius 1 is 1.44 bits per heavy atom. The van der Waals surface area contributed by atoms with E-state index in [1.807, 2.05) is 13.2 Å². The van der Waals surface area contributed by atoms with Crippen molar-refractivity contribution in [1.82, 2.24) is 20.0 Å². The molecule has 16 heavy (non-hydrogen) atoms. The summed E-state index contributed by atoms with van der Waals surface area (Å²) in [6.45, 7) is 5.41. The molecule has 1 aromatic heterocycles. The molecule has 1 aliphatic heterocycles. The van der Waals surface area contributed by atoms with Gasteiger partial charge in [-0.15, -0.1) is 0 Å². The Bertz CT molecular complexity index is 331. The maximum Gasteiger partial charge on any atom is 0.0948 e. The quantitative estimate of drug-likeness (QED) is 0.790. The van der Waals surface area contributed by atoms with E-state index in [4.69, 9.17) is 11.6 Å². The van der Waals surface area contributed by atoms with Crippen molar-refractivity contribution in [2.24, 2.45) is 7.05 Å². The van der Waals surface area contributed by atoms with Crippen LogP contribution in [0.15, 0.2) is 6.20 Å². The summed E-state index contributed by atoms with van der Waals surface area (Å²) in [5, 5.41) is 8.42. The molecule has 0 amide bonds. The molecule has 0 radical (unpaired) electrons. The number of likely N-dealkylation sites (tertiary alicyclic amines) is 1. The van der Waals surface area contributed by atoms with Crippen molar-refractivity contribution in [3.63, 3.8) is 0 Å². The Hall–Kier alpha value is -0.580. The van der Waals surface area contributed by atoms with Gasteiger partial charge in [-0.1, -0.05) is 11.6 Å². The van der Waals surface area contributed by atoms with Crippen LogP contribution in [0.2, 0.25) is 5.02 Å². The fourth-order valence-electron chi connectivity index (χ4n) is 2.08. The third kappa shape index (κ3) is 3.20. The van der Waals surface area contributed by atoms with Gasteiger partial charge < -0.3 is 10.2 Å². The predicted octanol–water partition coefficient (Wildman–Crippen LogP) is 1.26. The van der Waals surface area contributed by atoms with E-state index in [0.29, 0.717) is 0 Å². The second-order valence-corrected chi connectivity index (χ2v) is 4.73. The summed E-state index contributed by atoms with van der Waals surface area (Å²) in [4.78, 5) is 2.49. The summed E-state index contributed by atoms with van der Waals surface area (Å²) < 4.78 is 1.75. The van der Waals surface area contributed by atoms with Gasteiger partial charge in [0, 0.05) is 32.9 Å². The first-order valence-electron chi connectivity index (χ1n) is 5.87. The Labute approximate surface area is 102 Å². The number of nitrogens with zero attached hydrogens (tertiary/aromatic N) is 3. The lowest BCUT2D eigenvalue weighted by atomic mass is 10.4. The minimum Gasteiger partial charge on any atom is -0.310 e. The molecule has 1 N–H and O–H groups in total. The Morgan fingerprint density at radius 2 is 2.19 bits per heavy atom. The Kier molecular flexibility index (Phi) is 4.21. The first kappa shape index (κ1) is 11.9. The highest BCUT2D eigenvalue weighted by atomic mass is 35.5. The molecule has 90 valence electrons. The van der Waals surface area contributed by atoms with Gasteiger partial charge >= 0.3 is 0 Å². The number of aromatic nitrogens is 2. The molecule has 0 unspecified atom stereocenters. The van der Waals surface area contributed by atoms with E-state index in [2.05, 4.69) is 15.3 Å². The van der Waals surface area contributed by atoms with E-state index >= 15 is 0 Å². The summed E-state index contributed by atoms with van der Waals surface area (Å²) in [5.74, 6) is 0. The molecule has 0 saturated carbocycles. The normalized spacial score (nSPS) is 17.1. The van der Waals surface area contributed by atoms with Crippen LogP contribution in [-0.4, -0.2) is 40.9 Å². The fraction of sp³-hybridized carbons (Fsp3) is 0.727. The monoisotopic (exact) mass is 242 g/mol. The van der Waals surface area contributed by atoms with Gasteiger partial charge in [-0.25, -0.2) is 0 Å². The molecule has 4 nitrogen and oxygen atoms in total. The minimum atomic E-state index is 0.746. The molecule has 0 bridgehead atoms. The lowest BCUT2D eigenvalue weighted by Crippen LogP contribution is -2.29. The van der Waals surface area contributed by atoms with Gasteiger partial charge in [-0.3, -0.25) is 4.68 Å². The molecule has 1 aliphatic rings. The number of hydrogen-bond donors (Lipinski definition) is 1. The van der Waals surface area contributed by atoms with Crippen LogP contribution < -0.4 is 5.32 Å². The Balaban J connectivity index is 1.65. The average Bonchev–Trinajstić information content (AvgIpc) is 2.84. The average molecular weight is 243 g/mol. The predicted molar refractivity (Wildman–Crippen MR) is 65.6 cm³/mol. The molecule has 1 aromatic rings. The van der Waals surface area contributed by atoms with E-state index in [1.54, 1.807) is 4.68 Å². The molecule has 1 fully saturated rings. The topological polar surface area (TPSA) is 33.1 Å². The number of halogens is 1. The van der Waals surface area contributed by atoms with Crippen molar-refractivity contribution in [3.05, 3.63) is 16.9 Å². The maximum atomic E-state index is 6.02. The highest BCUT2D eigenvalue weighted by Gasteiger charge is 2.10. The van der Waals surface area contributed by atoms with Crippen LogP contribution in [0.4, 0.5) is 0 Å². The summed E-state index contributed by atoms with van der Waals surface area (Å²) in [5.41, 5.74) is 0.936. The summed E-state index contributed by atoms with van der Waals surface area (Å²) in [6.07, 6.45) is 4.54. The minimum absolute atomic E-state index is 0.746. The highest BCUT2D eigenvalue weighted by molar-refractivity contribution is 6.31. The first-order chi connectivity index (χ1) is 7.75. The summed E-state index contributed by atoms with van der Waals surface area (Å²) >= 11 is 6.02. The Morgan fingerprint density at radius 3 is 2.81 bits per heavy atom. The van der Waals surface area contributed by atoms with Crippen LogP contribution in [0, 0.1) is 0 Å². The van der Waals surface area contributed by atoms with Gasteiger partial charge in [0.1, 0.15) is 0 Å². The van der Waals surface area contributed by atoms with Crippen molar-refractivity contribution < 1.29 is 0 Å². The van der Waals surface area contributed by atoms with Crippen LogP contribution in [0.3, 0.4) is 0 Å². The standard InChI is InChI=1S/C11H19ClN4/c1-15-9-10(12)11(14-15)8-13-4-7-16-5-2-3-6-16/h9,13H,2-8H2,1H3. The molecule has 2 rings (SSSR count). The molecule has 0 spiro atoms.